The lowest BCUT2D eigenvalue weighted by Gasteiger charge is -2.36. The number of aliphatic hydroxyl groups excluding tert-OH is 2. The van der Waals surface area contributed by atoms with Crippen LogP contribution < -0.4 is 4.52 Å². The van der Waals surface area contributed by atoms with E-state index in [1.54, 1.807) is 59.7 Å². The maximum atomic E-state index is 13.6. The van der Waals surface area contributed by atoms with Crippen molar-refractivity contribution in [1.29, 1.82) is 0 Å². The van der Waals surface area contributed by atoms with Crippen LogP contribution in [-0.4, -0.2) is 36.3 Å². The number of aliphatic hydroxyl groups is 2. The van der Waals surface area contributed by atoms with Crippen molar-refractivity contribution in [1.82, 2.24) is 0 Å². The molecule has 0 heterocycles. The summed E-state index contributed by atoms with van der Waals surface area (Å²) in [5.74, 6) is 0.287. The third-order valence-corrected chi connectivity index (χ3v) is 11.5. The summed E-state index contributed by atoms with van der Waals surface area (Å²) >= 11 is 0. The minimum absolute atomic E-state index is 0.00374. The summed E-state index contributed by atoms with van der Waals surface area (Å²) in [6.07, 6.45) is -1.04. The van der Waals surface area contributed by atoms with Gasteiger partial charge in [-0.2, -0.15) is 0 Å². The molecule has 9 heteroatoms. The van der Waals surface area contributed by atoms with Crippen LogP contribution in [0.15, 0.2) is 18.2 Å². The molecule has 0 saturated heterocycles. The van der Waals surface area contributed by atoms with Gasteiger partial charge in [0, 0.05) is 5.56 Å². The molecule has 1 aromatic rings. The Bertz CT molecular complexity index is 784. The Hall–Kier alpha value is -0.733. The highest BCUT2D eigenvalue weighted by molar-refractivity contribution is 7.49. The third-order valence-electron chi connectivity index (χ3n) is 5.02. The SMILES string of the molecule is CC(C)(C)OP(=O)(Oc1ccc([C@@H](O)CO)cc1CO[Si](C)(C)C(C)(C)C)OC(C)(C)C. The summed E-state index contributed by atoms with van der Waals surface area (Å²) in [6.45, 7) is 21.1. The third kappa shape index (κ3) is 9.25. The Morgan fingerprint density at radius 2 is 1.47 bits per heavy atom. The zero-order valence-corrected chi connectivity index (χ0v) is 23.5. The summed E-state index contributed by atoms with van der Waals surface area (Å²) in [4.78, 5) is 0. The molecule has 2 N–H and O–H groups in total. The molecular weight excluding hydrogens is 447 g/mol. The topological polar surface area (TPSA) is 94.5 Å². The lowest BCUT2D eigenvalue weighted by molar-refractivity contribution is 0.0221. The number of phosphoric ester groups is 1. The van der Waals surface area contributed by atoms with Gasteiger partial charge < -0.3 is 19.2 Å². The first-order chi connectivity index (χ1) is 14.2. The fraction of sp³-hybridized carbons (Fsp3) is 0.739. The maximum absolute atomic E-state index is 13.6. The van der Waals surface area contributed by atoms with Crippen LogP contribution in [0.1, 0.15) is 79.5 Å². The van der Waals surface area contributed by atoms with Gasteiger partial charge in [-0.1, -0.05) is 26.8 Å². The molecule has 0 aliphatic heterocycles. The van der Waals surface area contributed by atoms with E-state index in [4.69, 9.17) is 18.0 Å². The average Bonchev–Trinajstić information content (AvgIpc) is 2.55. The molecule has 0 aromatic heterocycles. The molecule has 0 amide bonds. The zero-order valence-electron chi connectivity index (χ0n) is 21.6. The van der Waals surface area contributed by atoms with E-state index in [9.17, 15) is 14.8 Å². The van der Waals surface area contributed by atoms with Gasteiger partial charge in [-0.15, -0.1) is 0 Å². The molecule has 0 saturated carbocycles. The number of benzene rings is 1. The van der Waals surface area contributed by atoms with Gasteiger partial charge in [-0.3, -0.25) is 9.05 Å². The van der Waals surface area contributed by atoms with Gasteiger partial charge in [0.1, 0.15) is 11.9 Å². The molecule has 0 radical (unpaired) electrons. The van der Waals surface area contributed by atoms with Gasteiger partial charge >= 0.3 is 7.82 Å². The van der Waals surface area contributed by atoms with Crippen LogP contribution in [0.2, 0.25) is 18.1 Å². The predicted molar refractivity (Wildman–Crippen MR) is 130 cm³/mol. The first-order valence-electron chi connectivity index (χ1n) is 10.9. The van der Waals surface area contributed by atoms with Crippen molar-refractivity contribution in [2.75, 3.05) is 6.61 Å². The summed E-state index contributed by atoms with van der Waals surface area (Å²) in [6, 6.07) is 4.91. The van der Waals surface area contributed by atoms with Crippen molar-refractivity contribution >= 4 is 16.1 Å². The Morgan fingerprint density at radius 1 is 0.969 bits per heavy atom. The first kappa shape index (κ1) is 29.3. The van der Waals surface area contributed by atoms with Gasteiger partial charge in [0.15, 0.2) is 8.32 Å². The average molecular weight is 491 g/mol. The van der Waals surface area contributed by atoms with Crippen LogP contribution in [0.4, 0.5) is 0 Å². The number of hydrogen-bond donors (Lipinski definition) is 2. The highest BCUT2D eigenvalue weighted by atomic mass is 31.2. The van der Waals surface area contributed by atoms with Gasteiger partial charge in [-0.25, -0.2) is 4.57 Å². The quantitative estimate of drug-likeness (QED) is 0.308. The van der Waals surface area contributed by atoms with E-state index in [0.29, 0.717) is 11.1 Å². The van der Waals surface area contributed by atoms with Gasteiger partial charge in [-0.05, 0) is 77.4 Å². The van der Waals surface area contributed by atoms with Crippen LogP contribution in [0, 0.1) is 0 Å². The largest absolute Gasteiger partial charge is 0.531 e. The van der Waals surface area contributed by atoms with Crippen molar-refractivity contribution in [2.45, 2.75) is 104 Å². The van der Waals surface area contributed by atoms with E-state index in [0.717, 1.165) is 0 Å². The molecular formula is C23H43O7PSi. The fourth-order valence-corrected chi connectivity index (χ4v) is 5.26. The minimum Gasteiger partial charge on any atom is -0.412 e. The van der Waals surface area contributed by atoms with Crippen LogP contribution in [0.3, 0.4) is 0 Å². The zero-order chi connectivity index (χ0) is 25.2. The number of phosphoric acid groups is 1. The molecule has 0 fully saturated rings. The van der Waals surface area contributed by atoms with Crippen molar-refractivity contribution < 1.29 is 32.8 Å². The van der Waals surface area contributed by atoms with E-state index in [-0.39, 0.29) is 17.4 Å². The molecule has 0 bridgehead atoms. The van der Waals surface area contributed by atoms with Crippen molar-refractivity contribution in [3.8, 4) is 5.75 Å². The Morgan fingerprint density at radius 3 is 1.88 bits per heavy atom. The molecule has 1 rings (SSSR count). The van der Waals surface area contributed by atoms with Gasteiger partial charge in [0.2, 0.25) is 0 Å². The maximum Gasteiger partial charge on any atom is 0.531 e. The molecule has 0 spiro atoms. The fourth-order valence-electron chi connectivity index (χ4n) is 2.44. The Labute approximate surface area is 195 Å². The standard InChI is InChI=1S/C23H43O7PSi/c1-21(2,3)29-31(26,30-22(4,5)6)28-20-13-12-17(19(25)15-24)14-18(20)16-27-32(10,11)23(7,8)9/h12-14,19,24-25H,15-16H2,1-11H3/t19-/m0/s1. The van der Waals surface area contributed by atoms with Crippen LogP contribution >= 0.6 is 7.82 Å². The highest BCUT2D eigenvalue weighted by Gasteiger charge is 2.40. The molecule has 7 nitrogen and oxygen atoms in total. The lowest BCUT2D eigenvalue weighted by Crippen LogP contribution is -2.40. The van der Waals surface area contributed by atoms with Gasteiger partial charge in [0.25, 0.3) is 0 Å². The second-order valence-corrected chi connectivity index (χ2v) is 17.8. The van der Waals surface area contributed by atoms with Gasteiger partial charge in [0.05, 0.1) is 24.4 Å². The normalized spacial score (nSPS) is 15.0. The molecule has 0 aliphatic rings. The van der Waals surface area contributed by atoms with E-state index >= 15 is 0 Å². The molecule has 0 aliphatic carbocycles. The van der Waals surface area contributed by atoms with Crippen LogP contribution in [-0.2, 0) is 24.6 Å². The second-order valence-electron chi connectivity index (χ2n) is 11.6. The number of rotatable bonds is 9. The Kier molecular flexibility index (Phi) is 9.39. The van der Waals surface area contributed by atoms with Crippen molar-refractivity contribution in [2.24, 2.45) is 0 Å². The lowest BCUT2D eigenvalue weighted by atomic mass is 10.1. The Balaban J connectivity index is 3.40. The number of hydrogen-bond acceptors (Lipinski definition) is 7. The highest BCUT2D eigenvalue weighted by Crippen LogP contribution is 2.55. The van der Waals surface area contributed by atoms with E-state index < -0.39 is 40.1 Å². The molecule has 1 aromatic carbocycles. The predicted octanol–water partition coefficient (Wildman–Crippen LogP) is 6.35. The molecule has 1 atom stereocenters. The van der Waals surface area contributed by atoms with Crippen molar-refractivity contribution in [3.05, 3.63) is 29.3 Å². The summed E-state index contributed by atoms with van der Waals surface area (Å²) in [5, 5.41) is 19.5. The summed E-state index contributed by atoms with van der Waals surface area (Å²) in [5.41, 5.74) is -0.441. The first-order valence-corrected chi connectivity index (χ1v) is 15.3. The van der Waals surface area contributed by atoms with Crippen LogP contribution in [0.25, 0.3) is 0 Å². The second kappa shape index (κ2) is 10.3. The summed E-state index contributed by atoms with van der Waals surface area (Å²) < 4.78 is 37.4. The minimum atomic E-state index is -4.01. The molecule has 186 valence electrons. The summed E-state index contributed by atoms with van der Waals surface area (Å²) in [7, 11) is -6.11. The van der Waals surface area contributed by atoms with E-state index in [1.807, 2.05) is 0 Å². The smallest absolute Gasteiger partial charge is 0.412 e. The monoisotopic (exact) mass is 490 g/mol. The van der Waals surface area contributed by atoms with Crippen molar-refractivity contribution in [3.63, 3.8) is 0 Å². The molecule has 0 unspecified atom stereocenters. The van der Waals surface area contributed by atoms with E-state index in [1.165, 1.54) is 0 Å². The van der Waals surface area contributed by atoms with E-state index in [2.05, 4.69) is 33.9 Å². The molecule has 32 heavy (non-hydrogen) atoms. The van der Waals surface area contributed by atoms with Crippen LogP contribution in [0.5, 0.6) is 5.75 Å².